The van der Waals surface area contributed by atoms with Gasteiger partial charge in [0, 0.05) is 0 Å². The SMILES string of the molecule is CC(C)(C)OCCOCCOc1ccc(CC(=O)O)cc1. The monoisotopic (exact) mass is 296 g/mol. The molecule has 0 fully saturated rings. The lowest BCUT2D eigenvalue weighted by atomic mass is 10.1. The molecule has 0 aromatic heterocycles. The van der Waals surface area contributed by atoms with Gasteiger partial charge in [-0.1, -0.05) is 12.1 Å². The van der Waals surface area contributed by atoms with Crippen molar-refractivity contribution in [3.05, 3.63) is 29.8 Å². The third-order valence-corrected chi connectivity index (χ3v) is 2.54. The van der Waals surface area contributed by atoms with Crippen molar-refractivity contribution in [1.82, 2.24) is 0 Å². The molecule has 1 aromatic carbocycles. The van der Waals surface area contributed by atoms with Gasteiger partial charge in [0.2, 0.25) is 0 Å². The van der Waals surface area contributed by atoms with E-state index in [0.717, 1.165) is 5.56 Å². The van der Waals surface area contributed by atoms with Gasteiger partial charge in [-0.2, -0.15) is 0 Å². The van der Waals surface area contributed by atoms with Crippen LogP contribution in [0.15, 0.2) is 24.3 Å². The van der Waals surface area contributed by atoms with Gasteiger partial charge in [0.05, 0.1) is 31.8 Å². The van der Waals surface area contributed by atoms with Crippen molar-refractivity contribution in [2.75, 3.05) is 26.4 Å². The summed E-state index contributed by atoms with van der Waals surface area (Å²) in [7, 11) is 0. The lowest BCUT2D eigenvalue weighted by molar-refractivity contribution is -0.136. The van der Waals surface area contributed by atoms with E-state index in [1.54, 1.807) is 24.3 Å². The highest BCUT2D eigenvalue weighted by Gasteiger charge is 2.08. The number of aliphatic carboxylic acids is 1. The van der Waals surface area contributed by atoms with Crippen LogP contribution in [0.4, 0.5) is 0 Å². The van der Waals surface area contributed by atoms with E-state index in [4.69, 9.17) is 19.3 Å². The first kappa shape index (κ1) is 17.5. The molecule has 5 nitrogen and oxygen atoms in total. The predicted octanol–water partition coefficient (Wildman–Crippen LogP) is 2.52. The van der Waals surface area contributed by atoms with E-state index in [2.05, 4.69) is 0 Å². The quantitative estimate of drug-likeness (QED) is 0.709. The van der Waals surface area contributed by atoms with Crippen LogP contribution < -0.4 is 4.74 Å². The molecule has 1 rings (SSSR count). The number of hydrogen-bond donors (Lipinski definition) is 1. The predicted molar refractivity (Wildman–Crippen MR) is 79.8 cm³/mol. The summed E-state index contributed by atoms with van der Waals surface area (Å²) in [6, 6.07) is 7.03. The summed E-state index contributed by atoms with van der Waals surface area (Å²) in [5, 5.41) is 8.67. The maximum absolute atomic E-state index is 10.6. The summed E-state index contributed by atoms with van der Waals surface area (Å²) in [5.74, 6) is -0.131. The molecule has 0 heterocycles. The minimum absolute atomic E-state index is 0.0250. The minimum atomic E-state index is -0.838. The Morgan fingerprint density at radius 2 is 1.67 bits per heavy atom. The van der Waals surface area contributed by atoms with Gasteiger partial charge in [-0.25, -0.2) is 0 Å². The second-order valence-corrected chi connectivity index (χ2v) is 5.64. The van der Waals surface area contributed by atoms with E-state index in [0.29, 0.717) is 32.2 Å². The van der Waals surface area contributed by atoms with E-state index in [9.17, 15) is 4.79 Å². The highest BCUT2D eigenvalue weighted by atomic mass is 16.5. The van der Waals surface area contributed by atoms with Crippen molar-refractivity contribution in [2.24, 2.45) is 0 Å². The van der Waals surface area contributed by atoms with Crippen molar-refractivity contribution in [2.45, 2.75) is 32.8 Å². The Balaban J connectivity index is 2.11. The lowest BCUT2D eigenvalue weighted by Crippen LogP contribution is -2.22. The zero-order valence-corrected chi connectivity index (χ0v) is 12.9. The Morgan fingerprint density at radius 1 is 1.05 bits per heavy atom. The number of ether oxygens (including phenoxy) is 3. The first-order valence-corrected chi connectivity index (χ1v) is 7.02. The topological polar surface area (TPSA) is 65.0 Å². The Morgan fingerprint density at radius 3 is 2.24 bits per heavy atom. The van der Waals surface area contributed by atoms with Gasteiger partial charge in [0.1, 0.15) is 12.4 Å². The number of carbonyl (C=O) groups is 1. The largest absolute Gasteiger partial charge is 0.491 e. The molecule has 0 aliphatic carbocycles. The van der Waals surface area contributed by atoms with E-state index in [1.807, 2.05) is 20.8 Å². The van der Waals surface area contributed by atoms with Gasteiger partial charge in [0.15, 0.2) is 0 Å². The molecule has 1 aromatic rings. The molecule has 0 bridgehead atoms. The lowest BCUT2D eigenvalue weighted by Gasteiger charge is -2.19. The number of rotatable bonds is 9. The average Bonchev–Trinajstić information content (AvgIpc) is 2.37. The first-order valence-electron chi connectivity index (χ1n) is 7.02. The third kappa shape index (κ3) is 9.05. The Kier molecular flexibility index (Phi) is 7.19. The molecular formula is C16H24O5. The molecule has 0 aliphatic heterocycles. The minimum Gasteiger partial charge on any atom is -0.491 e. The van der Waals surface area contributed by atoms with Gasteiger partial charge in [-0.05, 0) is 38.5 Å². The molecule has 0 saturated carbocycles. The van der Waals surface area contributed by atoms with Crippen LogP contribution in [0.25, 0.3) is 0 Å². The highest BCUT2D eigenvalue weighted by molar-refractivity contribution is 5.70. The summed E-state index contributed by atoms with van der Waals surface area (Å²) in [6.07, 6.45) is 0.0250. The van der Waals surface area contributed by atoms with Crippen molar-refractivity contribution in [3.8, 4) is 5.75 Å². The van der Waals surface area contributed by atoms with Crippen LogP contribution in [-0.2, 0) is 20.7 Å². The highest BCUT2D eigenvalue weighted by Crippen LogP contribution is 2.12. The van der Waals surface area contributed by atoms with E-state index >= 15 is 0 Å². The van der Waals surface area contributed by atoms with Gasteiger partial charge in [0.25, 0.3) is 0 Å². The number of carboxylic acid groups (broad SMARTS) is 1. The van der Waals surface area contributed by atoms with Crippen LogP contribution in [0, 0.1) is 0 Å². The molecule has 118 valence electrons. The molecular weight excluding hydrogens is 272 g/mol. The van der Waals surface area contributed by atoms with Crippen LogP contribution in [0.3, 0.4) is 0 Å². The van der Waals surface area contributed by atoms with Gasteiger partial charge in [-0.15, -0.1) is 0 Å². The smallest absolute Gasteiger partial charge is 0.307 e. The molecule has 0 spiro atoms. The third-order valence-electron chi connectivity index (χ3n) is 2.54. The van der Waals surface area contributed by atoms with Gasteiger partial charge < -0.3 is 19.3 Å². The second kappa shape index (κ2) is 8.64. The summed E-state index contributed by atoms with van der Waals surface area (Å²) in [6.45, 7) is 8.06. The summed E-state index contributed by atoms with van der Waals surface area (Å²) in [5.41, 5.74) is 0.614. The Labute approximate surface area is 125 Å². The molecule has 5 heteroatoms. The molecule has 0 radical (unpaired) electrons. The van der Waals surface area contributed by atoms with Crippen molar-refractivity contribution >= 4 is 5.97 Å². The molecule has 0 unspecified atom stereocenters. The maximum Gasteiger partial charge on any atom is 0.307 e. The summed E-state index contributed by atoms with van der Waals surface area (Å²) >= 11 is 0. The summed E-state index contributed by atoms with van der Waals surface area (Å²) < 4.78 is 16.4. The molecule has 0 atom stereocenters. The van der Waals surface area contributed by atoms with Crippen molar-refractivity contribution in [3.63, 3.8) is 0 Å². The van der Waals surface area contributed by atoms with Crippen molar-refractivity contribution in [1.29, 1.82) is 0 Å². The van der Waals surface area contributed by atoms with E-state index in [1.165, 1.54) is 0 Å². The standard InChI is InChI=1S/C16H24O5/c1-16(2,3)21-11-9-19-8-10-20-14-6-4-13(5-7-14)12-15(17)18/h4-7H,8-12H2,1-3H3,(H,17,18). The number of carboxylic acids is 1. The van der Waals surface area contributed by atoms with Crippen molar-refractivity contribution < 1.29 is 24.1 Å². The zero-order valence-electron chi connectivity index (χ0n) is 12.9. The molecule has 0 saturated heterocycles. The molecule has 0 aliphatic rings. The number of hydrogen-bond acceptors (Lipinski definition) is 4. The fourth-order valence-electron chi connectivity index (χ4n) is 1.61. The normalized spacial score (nSPS) is 11.4. The molecule has 1 N–H and O–H groups in total. The average molecular weight is 296 g/mol. The zero-order chi connectivity index (χ0) is 15.7. The van der Waals surface area contributed by atoms with Crippen LogP contribution in [0.1, 0.15) is 26.3 Å². The molecule has 21 heavy (non-hydrogen) atoms. The fourth-order valence-corrected chi connectivity index (χ4v) is 1.61. The Hall–Kier alpha value is -1.59. The van der Waals surface area contributed by atoms with Gasteiger partial charge in [-0.3, -0.25) is 4.79 Å². The maximum atomic E-state index is 10.6. The fraction of sp³-hybridized carbons (Fsp3) is 0.562. The van der Waals surface area contributed by atoms with E-state index in [-0.39, 0.29) is 12.0 Å². The Bertz CT molecular complexity index is 419. The van der Waals surface area contributed by atoms with Crippen LogP contribution >= 0.6 is 0 Å². The second-order valence-electron chi connectivity index (χ2n) is 5.64. The summed E-state index contributed by atoms with van der Waals surface area (Å²) in [4.78, 5) is 10.6. The number of benzene rings is 1. The first-order chi connectivity index (χ1) is 9.87. The van der Waals surface area contributed by atoms with Crippen LogP contribution in [0.2, 0.25) is 0 Å². The van der Waals surface area contributed by atoms with E-state index < -0.39 is 5.97 Å². The van der Waals surface area contributed by atoms with Crippen LogP contribution in [-0.4, -0.2) is 43.1 Å². The van der Waals surface area contributed by atoms with Crippen LogP contribution in [0.5, 0.6) is 5.75 Å². The van der Waals surface area contributed by atoms with Gasteiger partial charge >= 0.3 is 5.97 Å². The molecule has 0 amide bonds.